The molecule has 0 N–H and O–H groups in total. The second kappa shape index (κ2) is 8.70. The molecule has 5 aromatic rings. The van der Waals surface area contributed by atoms with Gasteiger partial charge < -0.3 is 9.64 Å². The molecule has 1 atom stereocenters. The first-order valence-corrected chi connectivity index (χ1v) is 12.4. The first kappa shape index (κ1) is 21.1. The Hall–Kier alpha value is -3.49. The number of thiophene rings is 1. The van der Waals surface area contributed by atoms with Crippen molar-refractivity contribution in [2.45, 2.75) is 19.5 Å². The van der Waals surface area contributed by atoms with Gasteiger partial charge in [-0.25, -0.2) is 9.38 Å². The third-order valence-corrected chi connectivity index (χ3v) is 7.40. The van der Waals surface area contributed by atoms with Gasteiger partial charge in [-0.3, -0.25) is 4.90 Å². The Labute approximate surface area is 202 Å². The third-order valence-electron chi connectivity index (χ3n) is 6.54. The van der Waals surface area contributed by atoms with Gasteiger partial charge in [0.15, 0.2) is 11.5 Å². The SMILES string of the molecule is COc1cccc(CN2CCN(c3nc4ccccc4c4nnc(-c5cccs5)n34)CC2C)c1. The number of hydrogen-bond donors (Lipinski definition) is 0. The summed E-state index contributed by atoms with van der Waals surface area (Å²) in [6.07, 6.45) is 0. The zero-order chi connectivity index (χ0) is 23.1. The van der Waals surface area contributed by atoms with Gasteiger partial charge >= 0.3 is 0 Å². The number of benzene rings is 2. The minimum atomic E-state index is 0.366. The van der Waals surface area contributed by atoms with Crippen LogP contribution in [-0.4, -0.2) is 57.3 Å². The molecule has 1 fully saturated rings. The molecule has 1 aliphatic heterocycles. The molecule has 6 rings (SSSR count). The number of nitrogens with zero attached hydrogens (tertiary/aromatic N) is 6. The molecule has 0 saturated carbocycles. The fourth-order valence-electron chi connectivity index (χ4n) is 4.76. The zero-order valence-electron chi connectivity index (χ0n) is 19.3. The third kappa shape index (κ3) is 3.69. The number of piperazine rings is 1. The maximum atomic E-state index is 5.41. The highest BCUT2D eigenvalue weighted by Gasteiger charge is 2.28. The summed E-state index contributed by atoms with van der Waals surface area (Å²) in [6.45, 7) is 5.91. The molecule has 8 heteroatoms. The number of hydrogen-bond acceptors (Lipinski definition) is 7. The van der Waals surface area contributed by atoms with Gasteiger partial charge in [0.2, 0.25) is 5.95 Å². The lowest BCUT2D eigenvalue weighted by Crippen LogP contribution is -2.52. The molecule has 1 aliphatic rings. The Balaban J connectivity index is 1.35. The van der Waals surface area contributed by atoms with Gasteiger partial charge in [-0.2, -0.15) is 0 Å². The van der Waals surface area contributed by atoms with Crippen LogP contribution in [0.5, 0.6) is 5.75 Å². The van der Waals surface area contributed by atoms with Crippen molar-refractivity contribution in [2.24, 2.45) is 0 Å². The molecule has 0 radical (unpaired) electrons. The number of methoxy groups -OCH3 is 1. The first-order chi connectivity index (χ1) is 16.7. The monoisotopic (exact) mass is 470 g/mol. The van der Waals surface area contributed by atoms with E-state index >= 15 is 0 Å². The van der Waals surface area contributed by atoms with Gasteiger partial charge in [0.05, 0.1) is 17.5 Å². The van der Waals surface area contributed by atoms with E-state index in [0.29, 0.717) is 6.04 Å². The van der Waals surface area contributed by atoms with Crippen LogP contribution in [0.1, 0.15) is 12.5 Å². The van der Waals surface area contributed by atoms with E-state index in [4.69, 9.17) is 9.72 Å². The second-order valence-corrected chi connectivity index (χ2v) is 9.65. The highest BCUT2D eigenvalue weighted by atomic mass is 32.1. The van der Waals surface area contributed by atoms with E-state index < -0.39 is 0 Å². The summed E-state index contributed by atoms with van der Waals surface area (Å²) in [5.74, 6) is 2.67. The Bertz CT molecular complexity index is 1450. The van der Waals surface area contributed by atoms with Crippen LogP contribution in [0.25, 0.3) is 27.3 Å². The number of para-hydroxylation sites is 1. The molecule has 172 valence electrons. The lowest BCUT2D eigenvalue weighted by Gasteiger charge is -2.40. The molecule has 1 unspecified atom stereocenters. The van der Waals surface area contributed by atoms with Crippen LogP contribution < -0.4 is 9.64 Å². The molecule has 34 heavy (non-hydrogen) atoms. The number of rotatable bonds is 5. The van der Waals surface area contributed by atoms with Gasteiger partial charge in [0.25, 0.3) is 0 Å². The van der Waals surface area contributed by atoms with Crippen molar-refractivity contribution < 1.29 is 4.74 Å². The highest BCUT2D eigenvalue weighted by molar-refractivity contribution is 7.13. The summed E-state index contributed by atoms with van der Waals surface area (Å²) in [4.78, 5) is 11.1. The van der Waals surface area contributed by atoms with Gasteiger partial charge in [0, 0.05) is 37.6 Å². The van der Waals surface area contributed by atoms with E-state index in [1.54, 1.807) is 18.4 Å². The van der Waals surface area contributed by atoms with Gasteiger partial charge in [-0.05, 0) is 48.2 Å². The van der Waals surface area contributed by atoms with Crippen molar-refractivity contribution in [3.05, 3.63) is 71.6 Å². The summed E-state index contributed by atoms with van der Waals surface area (Å²) < 4.78 is 7.54. The van der Waals surface area contributed by atoms with E-state index in [9.17, 15) is 0 Å². The minimum Gasteiger partial charge on any atom is -0.497 e. The molecule has 4 heterocycles. The normalized spacial score (nSPS) is 17.0. The first-order valence-electron chi connectivity index (χ1n) is 11.5. The average Bonchev–Trinajstić information content (AvgIpc) is 3.55. The van der Waals surface area contributed by atoms with E-state index in [-0.39, 0.29) is 0 Å². The number of anilines is 1. The van der Waals surface area contributed by atoms with Crippen LogP contribution in [0.15, 0.2) is 66.0 Å². The van der Waals surface area contributed by atoms with Crippen molar-refractivity contribution >= 4 is 33.8 Å². The summed E-state index contributed by atoms with van der Waals surface area (Å²) in [7, 11) is 1.72. The van der Waals surface area contributed by atoms with Crippen LogP contribution in [0.3, 0.4) is 0 Å². The van der Waals surface area contributed by atoms with Crippen LogP contribution in [0.4, 0.5) is 5.95 Å². The molecular weight excluding hydrogens is 444 g/mol. The topological polar surface area (TPSA) is 58.8 Å². The van der Waals surface area contributed by atoms with E-state index in [1.807, 2.05) is 18.2 Å². The Kier molecular flexibility index (Phi) is 5.39. The largest absolute Gasteiger partial charge is 0.497 e. The van der Waals surface area contributed by atoms with Gasteiger partial charge in [-0.15, -0.1) is 21.5 Å². The predicted octanol–water partition coefficient (Wildman–Crippen LogP) is 4.73. The van der Waals surface area contributed by atoms with Gasteiger partial charge in [-0.1, -0.05) is 30.3 Å². The van der Waals surface area contributed by atoms with Crippen molar-refractivity contribution in [1.82, 2.24) is 24.5 Å². The quantitative estimate of drug-likeness (QED) is 0.370. The van der Waals surface area contributed by atoms with Gasteiger partial charge in [0.1, 0.15) is 5.75 Å². The summed E-state index contributed by atoms with van der Waals surface area (Å²) >= 11 is 1.67. The molecule has 0 bridgehead atoms. The fourth-order valence-corrected chi connectivity index (χ4v) is 5.46. The molecular formula is C26H26N6OS. The van der Waals surface area contributed by atoms with Crippen molar-refractivity contribution in [1.29, 1.82) is 0 Å². The van der Waals surface area contributed by atoms with E-state index in [1.165, 1.54) is 5.56 Å². The number of aromatic nitrogens is 4. The molecule has 2 aromatic carbocycles. The smallest absolute Gasteiger partial charge is 0.213 e. The zero-order valence-corrected chi connectivity index (χ0v) is 20.1. The standard InChI is InChI=1S/C26H26N6OS/c1-18-16-31(13-12-30(18)17-19-7-5-8-20(15-19)33-2)26-27-22-10-4-3-9-21(22)24-28-29-25(32(24)26)23-11-6-14-34-23/h3-11,14-15,18H,12-13,16-17H2,1-2H3. The van der Waals surface area contributed by atoms with Crippen LogP contribution in [0, 0.1) is 0 Å². The van der Waals surface area contributed by atoms with E-state index in [2.05, 4.69) is 79.2 Å². The maximum Gasteiger partial charge on any atom is 0.213 e. The van der Waals surface area contributed by atoms with Crippen molar-refractivity contribution in [3.63, 3.8) is 0 Å². The lowest BCUT2D eigenvalue weighted by molar-refractivity contribution is 0.180. The summed E-state index contributed by atoms with van der Waals surface area (Å²) in [5.41, 5.74) is 3.07. The Morgan fingerprint density at radius 2 is 1.94 bits per heavy atom. The average molecular weight is 471 g/mol. The Morgan fingerprint density at radius 3 is 2.76 bits per heavy atom. The molecule has 0 amide bonds. The van der Waals surface area contributed by atoms with E-state index in [0.717, 1.165) is 65.1 Å². The molecule has 7 nitrogen and oxygen atoms in total. The number of fused-ring (bicyclic) bond motifs is 3. The van der Waals surface area contributed by atoms with Crippen molar-refractivity contribution in [2.75, 3.05) is 31.6 Å². The molecule has 0 spiro atoms. The van der Waals surface area contributed by atoms with Crippen LogP contribution in [0.2, 0.25) is 0 Å². The number of ether oxygens (including phenoxy) is 1. The summed E-state index contributed by atoms with van der Waals surface area (Å²) in [6, 6.07) is 21.0. The van der Waals surface area contributed by atoms with Crippen LogP contribution in [-0.2, 0) is 6.54 Å². The maximum absolute atomic E-state index is 5.41. The molecule has 1 saturated heterocycles. The summed E-state index contributed by atoms with van der Waals surface area (Å²) in [5, 5.41) is 12.3. The highest BCUT2D eigenvalue weighted by Crippen LogP contribution is 2.31. The Morgan fingerprint density at radius 1 is 1.03 bits per heavy atom. The van der Waals surface area contributed by atoms with Crippen molar-refractivity contribution in [3.8, 4) is 16.5 Å². The molecule has 3 aromatic heterocycles. The lowest BCUT2D eigenvalue weighted by atomic mass is 10.1. The predicted molar refractivity (Wildman–Crippen MR) is 137 cm³/mol. The second-order valence-electron chi connectivity index (χ2n) is 8.71. The fraction of sp³-hybridized carbons (Fsp3) is 0.269. The molecule has 0 aliphatic carbocycles. The minimum absolute atomic E-state index is 0.366. The van der Waals surface area contributed by atoms with Crippen LogP contribution >= 0.6 is 11.3 Å².